The molecule has 0 aliphatic rings. The number of nitrogens with zero attached hydrogens (tertiary/aromatic N) is 6. The maximum Gasteiger partial charge on any atom is 0.239 e. The van der Waals surface area contributed by atoms with Crippen molar-refractivity contribution >= 4 is 34.1 Å². The van der Waals surface area contributed by atoms with Crippen LogP contribution < -0.4 is 5.32 Å². The van der Waals surface area contributed by atoms with E-state index in [1.165, 1.54) is 23.1 Å². The monoisotopic (exact) mass is 361 g/mol. The van der Waals surface area contributed by atoms with Gasteiger partial charge in [-0.15, -0.1) is 20.4 Å². The summed E-state index contributed by atoms with van der Waals surface area (Å²) in [6.45, 7) is 3.65. The van der Waals surface area contributed by atoms with Crippen molar-refractivity contribution in [3.05, 3.63) is 29.5 Å². The Balaban J connectivity index is 1.69. The Labute approximate surface area is 146 Å². The number of nitrogens with one attached hydrogen (secondary N) is 1. The molecule has 3 rings (SSSR count). The Kier molecular flexibility index (Phi) is 4.86. The Morgan fingerprint density at radius 2 is 2.00 bits per heavy atom. The lowest BCUT2D eigenvalue weighted by Crippen LogP contribution is -2.22. The highest BCUT2D eigenvalue weighted by Crippen LogP contribution is 2.26. The molecule has 0 bridgehead atoms. The van der Waals surface area contributed by atoms with Crippen LogP contribution in [0.5, 0.6) is 0 Å². The van der Waals surface area contributed by atoms with Gasteiger partial charge < -0.3 is 4.57 Å². The van der Waals surface area contributed by atoms with Crippen molar-refractivity contribution in [3.8, 4) is 11.4 Å². The lowest BCUT2D eigenvalue weighted by Gasteiger charge is -2.09. The number of amides is 1. The van der Waals surface area contributed by atoms with Crippen molar-refractivity contribution in [2.75, 3.05) is 5.32 Å². The summed E-state index contributed by atoms with van der Waals surface area (Å²) >= 11 is 2.68. The van der Waals surface area contributed by atoms with Gasteiger partial charge in [-0.2, -0.15) is 0 Å². The minimum absolute atomic E-state index is 0.149. The summed E-state index contributed by atoms with van der Waals surface area (Å²) in [6.07, 6.45) is 3.41. The molecule has 0 saturated heterocycles. The number of hydrogen-bond donors (Lipinski definition) is 1. The third-order valence-corrected chi connectivity index (χ3v) is 5.07. The predicted molar refractivity (Wildman–Crippen MR) is 92.8 cm³/mol. The number of anilines is 1. The average molecular weight is 361 g/mol. The average Bonchev–Trinajstić information content (AvgIpc) is 3.14. The smallest absolute Gasteiger partial charge is 0.239 e. The number of thioether (sulfide) groups is 1. The second kappa shape index (κ2) is 7.05. The Hall–Kier alpha value is -2.33. The minimum Gasteiger partial charge on any atom is -0.305 e. The van der Waals surface area contributed by atoms with Crippen LogP contribution in [-0.2, 0) is 11.8 Å². The van der Waals surface area contributed by atoms with Crippen molar-refractivity contribution in [2.45, 2.75) is 24.3 Å². The highest BCUT2D eigenvalue weighted by Gasteiger charge is 2.20. The van der Waals surface area contributed by atoms with Gasteiger partial charge in [-0.3, -0.25) is 15.1 Å². The first kappa shape index (κ1) is 16.5. The topological polar surface area (TPSA) is 98.5 Å². The van der Waals surface area contributed by atoms with Gasteiger partial charge in [0.15, 0.2) is 11.0 Å². The van der Waals surface area contributed by atoms with E-state index in [9.17, 15) is 4.79 Å². The Morgan fingerprint density at radius 3 is 2.67 bits per heavy atom. The molecule has 0 aromatic carbocycles. The van der Waals surface area contributed by atoms with Crippen LogP contribution in [-0.4, -0.2) is 41.1 Å². The summed E-state index contributed by atoms with van der Waals surface area (Å²) < 4.78 is 1.86. The van der Waals surface area contributed by atoms with E-state index in [4.69, 9.17) is 0 Å². The second-order valence-electron chi connectivity index (χ2n) is 4.98. The van der Waals surface area contributed by atoms with Crippen LogP contribution in [0, 0.1) is 6.92 Å². The molecule has 1 atom stereocenters. The van der Waals surface area contributed by atoms with E-state index in [0.717, 1.165) is 16.4 Å². The molecule has 1 unspecified atom stereocenters. The van der Waals surface area contributed by atoms with Crippen LogP contribution in [0.1, 0.15) is 11.9 Å². The maximum atomic E-state index is 12.3. The van der Waals surface area contributed by atoms with E-state index in [2.05, 4.69) is 30.7 Å². The van der Waals surface area contributed by atoms with Crippen molar-refractivity contribution < 1.29 is 4.79 Å². The summed E-state index contributed by atoms with van der Waals surface area (Å²) in [7, 11) is 1.87. The summed E-state index contributed by atoms with van der Waals surface area (Å²) in [5, 5.41) is 20.5. The number of rotatable bonds is 5. The van der Waals surface area contributed by atoms with Gasteiger partial charge in [0.1, 0.15) is 5.01 Å². The molecule has 8 nitrogen and oxygen atoms in total. The summed E-state index contributed by atoms with van der Waals surface area (Å²) in [5.41, 5.74) is 0.924. The molecule has 3 aromatic heterocycles. The van der Waals surface area contributed by atoms with E-state index in [0.29, 0.717) is 10.3 Å². The minimum atomic E-state index is -0.345. The zero-order valence-electron chi connectivity index (χ0n) is 13.3. The van der Waals surface area contributed by atoms with Crippen molar-refractivity contribution in [1.82, 2.24) is 29.9 Å². The van der Waals surface area contributed by atoms with Gasteiger partial charge in [0, 0.05) is 25.0 Å². The zero-order valence-corrected chi connectivity index (χ0v) is 14.9. The van der Waals surface area contributed by atoms with Gasteiger partial charge in [0.25, 0.3) is 0 Å². The van der Waals surface area contributed by atoms with Crippen LogP contribution in [0.4, 0.5) is 5.13 Å². The van der Waals surface area contributed by atoms with E-state index >= 15 is 0 Å². The normalized spacial score (nSPS) is 12.1. The predicted octanol–water partition coefficient (Wildman–Crippen LogP) is 2.16. The van der Waals surface area contributed by atoms with E-state index in [1.54, 1.807) is 12.4 Å². The molecule has 1 N–H and O–H groups in total. The number of carbonyl (C=O) groups excluding carboxylic acids is 1. The molecule has 124 valence electrons. The zero-order chi connectivity index (χ0) is 17.1. The van der Waals surface area contributed by atoms with Crippen molar-refractivity contribution in [2.24, 2.45) is 7.05 Å². The quantitative estimate of drug-likeness (QED) is 0.695. The van der Waals surface area contributed by atoms with Crippen molar-refractivity contribution in [3.63, 3.8) is 0 Å². The van der Waals surface area contributed by atoms with Crippen LogP contribution in [0.15, 0.2) is 29.7 Å². The highest BCUT2D eigenvalue weighted by molar-refractivity contribution is 8.00. The standard InChI is InChI=1S/C14H15N7OS2/c1-8(12(22)16-13-19-17-9(2)24-13)23-14-20-18-11(21(14)3)10-4-6-15-7-5-10/h4-8H,1-3H3,(H,16,19,22). The first-order chi connectivity index (χ1) is 11.5. The molecule has 3 aromatic rings. The van der Waals surface area contributed by atoms with E-state index in [-0.39, 0.29) is 11.2 Å². The van der Waals surface area contributed by atoms with Gasteiger partial charge in [0.05, 0.1) is 5.25 Å². The fraction of sp³-hybridized carbons (Fsp3) is 0.286. The van der Waals surface area contributed by atoms with Crippen LogP contribution in [0.25, 0.3) is 11.4 Å². The molecule has 24 heavy (non-hydrogen) atoms. The van der Waals surface area contributed by atoms with Crippen LogP contribution in [0.2, 0.25) is 0 Å². The molecule has 0 fully saturated rings. The van der Waals surface area contributed by atoms with Gasteiger partial charge >= 0.3 is 0 Å². The Bertz CT molecular complexity index is 846. The number of carbonyl (C=O) groups is 1. The molecule has 0 aliphatic carbocycles. The van der Waals surface area contributed by atoms with Gasteiger partial charge in [0.2, 0.25) is 11.0 Å². The summed E-state index contributed by atoms with van der Waals surface area (Å²) in [4.78, 5) is 16.3. The molecule has 10 heteroatoms. The van der Waals surface area contributed by atoms with Gasteiger partial charge in [-0.1, -0.05) is 23.1 Å². The molecule has 3 heterocycles. The van der Waals surface area contributed by atoms with Crippen molar-refractivity contribution in [1.29, 1.82) is 0 Å². The van der Waals surface area contributed by atoms with Gasteiger partial charge in [-0.25, -0.2) is 0 Å². The lowest BCUT2D eigenvalue weighted by atomic mass is 10.2. The van der Waals surface area contributed by atoms with Crippen LogP contribution in [0.3, 0.4) is 0 Å². The SMILES string of the molecule is Cc1nnc(NC(=O)C(C)Sc2nnc(-c3ccncc3)n2C)s1. The second-order valence-corrected chi connectivity index (χ2v) is 7.47. The van der Waals surface area contributed by atoms with E-state index in [1.807, 2.05) is 37.6 Å². The Morgan fingerprint density at radius 1 is 1.25 bits per heavy atom. The number of pyridine rings is 1. The number of hydrogen-bond acceptors (Lipinski definition) is 8. The highest BCUT2D eigenvalue weighted by atomic mass is 32.2. The molecule has 0 radical (unpaired) electrons. The molecule has 0 spiro atoms. The van der Waals surface area contributed by atoms with Gasteiger partial charge in [-0.05, 0) is 26.0 Å². The number of aryl methyl sites for hydroxylation is 1. The molecule has 0 aliphatic heterocycles. The largest absolute Gasteiger partial charge is 0.305 e. The third kappa shape index (κ3) is 3.60. The van der Waals surface area contributed by atoms with E-state index < -0.39 is 0 Å². The molecule has 0 saturated carbocycles. The lowest BCUT2D eigenvalue weighted by molar-refractivity contribution is -0.115. The fourth-order valence-corrected chi connectivity index (χ4v) is 3.35. The first-order valence-electron chi connectivity index (χ1n) is 7.12. The summed E-state index contributed by atoms with van der Waals surface area (Å²) in [5.74, 6) is 0.580. The summed E-state index contributed by atoms with van der Waals surface area (Å²) in [6, 6.07) is 3.73. The van der Waals surface area contributed by atoms with Crippen LogP contribution >= 0.6 is 23.1 Å². The third-order valence-electron chi connectivity index (χ3n) is 3.18. The molecule has 1 amide bonds. The molecular formula is C14H15N7OS2. The number of aromatic nitrogens is 6. The fourth-order valence-electron chi connectivity index (χ4n) is 1.94. The molecular weight excluding hydrogens is 346 g/mol. The first-order valence-corrected chi connectivity index (χ1v) is 8.81. The maximum absolute atomic E-state index is 12.3.